The summed E-state index contributed by atoms with van der Waals surface area (Å²) in [5, 5.41) is 5.99. The highest BCUT2D eigenvalue weighted by atomic mass is 32.1. The lowest BCUT2D eigenvalue weighted by atomic mass is 9.97. The molecule has 94 valence electrons. The average molecular weight is 258 g/mol. The maximum absolute atomic E-state index is 4.45. The van der Waals surface area contributed by atoms with Gasteiger partial charge in [-0.25, -0.2) is 0 Å². The first-order valence-electron chi connectivity index (χ1n) is 6.70. The molecule has 1 aliphatic rings. The Kier molecular flexibility index (Phi) is 3.60. The van der Waals surface area contributed by atoms with Crippen molar-refractivity contribution in [2.45, 2.75) is 32.1 Å². The van der Waals surface area contributed by atoms with E-state index in [2.05, 4.69) is 34.0 Å². The monoisotopic (exact) mass is 258 g/mol. The summed E-state index contributed by atoms with van der Waals surface area (Å²) >= 11 is 1.57. The quantitative estimate of drug-likeness (QED) is 0.811. The summed E-state index contributed by atoms with van der Waals surface area (Å²) in [6.45, 7) is 1.03. The topological polar surface area (TPSA) is 24.9 Å². The molecular weight excluding hydrogens is 240 g/mol. The first kappa shape index (κ1) is 11.7. The molecule has 0 radical (unpaired) electrons. The molecule has 0 saturated carbocycles. The summed E-state index contributed by atoms with van der Waals surface area (Å²) in [7, 11) is 0. The first-order valence-corrected chi connectivity index (χ1v) is 7.47. The molecule has 1 aromatic heterocycles. The summed E-state index contributed by atoms with van der Waals surface area (Å²) in [5.74, 6) is 0. The van der Waals surface area contributed by atoms with Crippen molar-refractivity contribution in [3.8, 4) is 0 Å². The largest absolute Gasteiger partial charge is 0.375 e. The molecule has 0 amide bonds. The van der Waals surface area contributed by atoms with Crippen molar-refractivity contribution >= 4 is 27.4 Å². The molecule has 0 bridgehead atoms. The summed E-state index contributed by atoms with van der Waals surface area (Å²) in [4.78, 5) is 0. The second kappa shape index (κ2) is 5.53. The average Bonchev–Trinajstić information content (AvgIpc) is 2.84. The predicted octanol–water partition coefficient (Wildman–Crippen LogP) is 4.60. The zero-order valence-electron chi connectivity index (χ0n) is 10.5. The van der Waals surface area contributed by atoms with Gasteiger partial charge in [0.15, 0.2) is 0 Å². The summed E-state index contributed by atoms with van der Waals surface area (Å²) in [6.07, 6.45) is 8.91. The van der Waals surface area contributed by atoms with Crippen molar-refractivity contribution in [2.24, 2.45) is 0 Å². The van der Waals surface area contributed by atoms with E-state index in [1.54, 1.807) is 17.1 Å². The Labute approximate surface area is 112 Å². The minimum atomic E-state index is 1.03. The molecular formula is C15H18N2S. The van der Waals surface area contributed by atoms with Crippen molar-refractivity contribution in [3.05, 3.63) is 35.9 Å². The number of aromatic nitrogens is 1. The minimum absolute atomic E-state index is 1.03. The van der Waals surface area contributed by atoms with Crippen LogP contribution in [-0.2, 0) is 0 Å². The van der Waals surface area contributed by atoms with Gasteiger partial charge in [-0.2, -0.15) is 4.37 Å². The van der Waals surface area contributed by atoms with Crippen LogP contribution >= 0.6 is 11.5 Å². The fourth-order valence-electron chi connectivity index (χ4n) is 2.49. The zero-order valence-corrected chi connectivity index (χ0v) is 11.3. The van der Waals surface area contributed by atoms with Crippen molar-refractivity contribution in [3.63, 3.8) is 0 Å². The predicted molar refractivity (Wildman–Crippen MR) is 79.3 cm³/mol. The van der Waals surface area contributed by atoms with Gasteiger partial charge in [-0.1, -0.05) is 23.8 Å². The molecule has 1 N–H and O–H groups in total. The molecule has 0 saturated heterocycles. The second-order valence-corrected chi connectivity index (χ2v) is 5.59. The zero-order chi connectivity index (χ0) is 12.2. The third-order valence-corrected chi connectivity index (χ3v) is 4.34. The van der Waals surface area contributed by atoms with E-state index in [1.807, 2.05) is 6.07 Å². The number of anilines is 1. The normalized spacial score (nSPS) is 15.7. The van der Waals surface area contributed by atoms with Gasteiger partial charge in [0.1, 0.15) is 5.00 Å². The highest BCUT2D eigenvalue weighted by Crippen LogP contribution is 2.27. The third kappa shape index (κ3) is 2.56. The Hall–Kier alpha value is -1.35. The number of allylic oxidation sites excluding steroid dienone is 1. The van der Waals surface area contributed by atoms with Gasteiger partial charge in [-0.15, -0.1) is 0 Å². The Balaban J connectivity index is 1.61. The van der Waals surface area contributed by atoms with Crippen LogP contribution in [0.4, 0.5) is 5.00 Å². The number of hydrogen-bond donors (Lipinski definition) is 1. The van der Waals surface area contributed by atoms with E-state index >= 15 is 0 Å². The SMILES string of the molecule is C1=C(CCNc2snc3ccccc23)CCCC1. The Morgan fingerprint density at radius 1 is 1.22 bits per heavy atom. The van der Waals surface area contributed by atoms with Crippen LogP contribution in [0.15, 0.2) is 35.9 Å². The fourth-order valence-corrected chi connectivity index (χ4v) is 3.27. The van der Waals surface area contributed by atoms with Gasteiger partial charge in [0.05, 0.1) is 5.52 Å². The maximum Gasteiger partial charge on any atom is 0.117 e. The van der Waals surface area contributed by atoms with Crippen LogP contribution in [0.2, 0.25) is 0 Å². The van der Waals surface area contributed by atoms with Crippen LogP contribution in [0.5, 0.6) is 0 Å². The molecule has 1 heterocycles. The Morgan fingerprint density at radius 3 is 3.06 bits per heavy atom. The van der Waals surface area contributed by atoms with Crippen LogP contribution in [-0.4, -0.2) is 10.9 Å². The van der Waals surface area contributed by atoms with Crippen LogP contribution in [0.1, 0.15) is 32.1 Å². The van der Waals surface area contributed by atoms with E-state index in [9.17, 15) is 0 Å². The van der Waals surface area contributed by atoms with Crippen LogP contribution in [0.25, 0.3) is 10.9 Å². The van der Waals surface area contributed by atoms with Gasteiger partial charge in [0.25, 0.3) is 0 Å². The van der Waals surface area contributed by atoms with Gasteiger partial charge in [0.2, 0.25) is 0 Å². The first-order chi connectivity index (χ1) is 8.93. The molecule has 2 nitrogen and oxygen atoms in total. The van der Waals surface area contributed by atoms with Crippen molar-refractivity contribution in [1.82, 2.24) is 4.37 Å². The number of rotatable bonds is 4. The van der Waals surface area contributed by atoms with E-state index in [0.29, 0.717) is 0 Å². The maximum atomic E-state index is 4.45. The van der Waals surface area contributed by atoms with Crippen LogP contribution < -0.4 is 5.32 Å². The molecule has 3 heteroatoms. The lowest BCUT2D eigenvalue weighted by Crippen LogP contribution is -2.03. The third-order valence-electron chi connectivity index (χ3n) is 3.50. The van der Waals surface area contributed by atoms with Gasteiger partial charge in [-0.05, 0) is 55.8 Å². The number of fused-ring (bicyclic) bond motifs is 1. The molecule has 2 aromatic rings. The molecule has 3 rings (SSSR count). The highest BCUT2D eigenvalue weighted by molar-refractivity contribution is 7.11. The highest BCUT2D eigenvalue weighted by Gasteiger charge is 2.06. The number of nitrogens with zero attached hydrogens (tertiary/aromatic N) is 1. The van der Waals surface area contributed by atoms with E-state index in [0.717, 1.165) is 12.1 Å². The molecule has 0 aliphatic heterocycles. The molecule has 0 spiro atoms. The van der Waals surface area contributed by atoms with Crippen LogP contribution in [0.3, 0.4) is 0 Å². The molecule has 18 heavy (non-hydrogen) atoms. The summed E-state index contributed by atoms with van der Waals surface area (Å²) < 4.78 is 4.45. The molecule has 0 atom stereocenters. The van der Waals surface area contributed by atoms with Gasteiger partial charge in [-0.3, -0.25) is 0 Å². The lowest BCUT2D eigenvalue weighted by Gasteiger charge is -2.12. The van der Waals surface area contributed by atoms with E-state index in [4.69, 9.17) is 0 Å². The molecule has 1 aromatic carbocycles. The smallest absolute Gasteiger partial charge is 0.117 e. The molecule has 0 fully saturated rings. The summed E-state index contributed by atoms with van der Waals surface area (Å²) in [6, 6.07) is 8.33. The van der Waals surface area contributed by atoms with Crippen molar-refractivity contribution in [1.29, 1.82) is 0 Å². The van der Waals surface area contributed by atoms with Gasteiger partial charge < -0.3 is 5.32 Å². The van der Waals surface area contributed by atoms with E-state index in [1.165, 1.54) is 42.5 Å². The second-order valence-electron chi connectivity index (χ2n) is 4.81. The number of hydrogen-bond acceptors (Lipinski definition) is 3. The number of benzene rings is 1. The summed E-state index contributed by atoms with van der Waals surface area (Å²) in [5.41, 5.74) is 2.73. The fraction of sp³-hybridized carbons (Fsp3) is 0.400. The standard InChI is InChI=1S/C15H18N2S/c1-2-6-12(7-3-1)10-11-16-15-13-8-4-5-9-14(13)17-18-15/h4-6,8-9,16H,1-3,7,10-11H2. The van der Waals surface area contributed by atoms with Gasteiger partial charge >= 0.3 is 0 Å². The Morgan fingerprint density at radius 2 is 2.17 bits per heavy atom. The van der Waals surface area contributed by atoms with Crippen molar-refractivity contribution < 1.29 is 0 Å². The molecule has 0 unspecified atom stereocenters. The number of nitrogens with one attached hydrogen (secondary N) is 1. The van der Waals surface area contributed by atoms with Gasteiger partial charge in [0, 0.05) is 11.9 Å². The minimum Gasteiger partial charge on any atom is -0.375 e. The molecule has 1 aliphatic carbocycles. The van der Waals surface area contributed by atoms with Crippen LogP contribution in [0, 0.1) is 0 Å². The lowest BCUT2D eigenvalue weighted by molar-refractivity contribution is 0.679. The van der Waals surface area contributed by atoms with E-state index in [-0.39, 0.29) is 0 Å². The van der Waals surface area contributed by atoms with E-state index < -0.39 is 0 Å². The Bertz CT molecular complexity index is 556. The van der Waals surface area contributed by atoms with Crippen molar-refractivity contribution in [2.75, 3.05) is 11.9 Å².